The van der Waals surface area contributed by atoms with Crippen molar-refractivity contribution in [1.82, 2.24) is 9.80 Å². The van der Waals surface area contributed by atoms with Gasteiger partial charge in [0.15, 0.2) is 0 Å². The molecule has 4 heteroatoms. The summed E-state index contributed by atoms with van der Waals surface area (Å²) >= 11 is 0. The maximum atomic E-state index is 11.4. The zero-order valence-corrected chi connectivity index (χ0v) is 8.65. The van der Waals surface area contributed by atoms with Crippen molar-refractivity contribution in [3.05, 3.63) is 0 Å². The van der Waals surface area contributed by atoms with Gasteiger partial charge >= 0.3 is 0 Å². The smallest absolute Gasteiger partial charge is 0.225 e. The van der Waals surface area contributed by atoms with E-state index in [2.05, 4.69) is 11.8 Å². The van der Waals surface area contributed by atoms with Crippen molar-refractivity contribution in [2.24, 2.45) is 0 Å². The lowest BCUT2D eigenvalue weighted by Gasteiger charge is -2.43. The summed E-state index contributed by atoms with van der Waals surface area (Å²) in [6.07, 6.45) is 1.07. The van der Waals surface area contributed by atoms with Crippen LogP contribution < -0.4 is 0 Å². The van der Waals surface area contributed by atoms with Gasteiger partial charge in [-0.05, 0) is 13.0 Å². The molecule has 2 saturated heterocycles. The number of carbonyl (C=O) groups excluding carboxylic acids is 1. The van der Waals surface area contributed by atoms with E-state index >= 15 is 0 Å². The molecule has 1 unspecified atom stereocenters. The third-order valence-electron chi connectivity index (χ3n) is 3.06. The molecule has 0 spiro atoms. The lowest BCUT2D eigenvalue weighted by atomic mass is 10.1. The highest BCUT2D eigenvalue weighted by Gasteiger charge is 2.38. The molecule has 2 heterocycles. The van der Waals surface area contributed by atoms with Crippen LogP contribution in [0.5, 0.6) is 0 Å². The van der Waals surface area contributed by atoms with Gasteiger partial charge < -0.3 is 10.0 Å². The largest absolute Gasteiger partial charge is 0.391 e. The molecule has 1 N–H and O–H groups in total. The van der Waals surface area contributed by atoms with Gasteiger partial charge in [-0.15, -0.1) is 0 Å². The van der Waals surface area contributed by atoms with Crippen LogP contribution >= 0.6 is 0 Å². The zero-order chi connectivity index (χ0) is 10.1. The van der Waals surface area contributed by atoms with Crippen LogP contribution in [0.1, 0.15) is 19.8 Å². The summed E-state index contributed by atoms with van der Waals surface area (Å²) in [6.45, 7) is 5.82. The van der Waals surface area contributed by atoms with Crippen molar-refractivity contribution in [2.45, 2.75) is 31.9 Å². The molecule has 1 amide bonds. The van der Waals surface area contributed by atoms with Crippen molar-refractivity contribution in [3.63, 3.8) is 0 Å². The minimum absolute atomic E-state index is 0.124. The molecule has 0 aromatic carbocycles. The number of hydrogen-bond acceptors (Lipinski definition) is 3. The van der Waals surface area contributed by atoms with Crippen molar-refractivity contribution in [3.8, 4) is 0 Å². The van der Waals surface area contributed by atoms with Gasteiger partial charge in [0, 0.05) is 19.6 Å². The highest BCUT2D eigenvalue weighted by Crippen LogP contribution is 2.21. The third kappa shape index (κ3) is 1.77. The molecule has 80 valence electrons. The number of aliphatic hydroxyl groups excluding tert-OH is 1. The Morgan fingerprint density at radius 1 is 1.43 bits per heavy atom. The highest BCUT2D eigenvalue weighted by atomic mass is 16.3. The van der Waals surface area contributed by atoms with Crippen molar-refractivity contribution < 1.29 is 9.90 Å². The second-order valence-corrected chi connectivity index (χ2v) is 4.32. The molecule has 0 aromatic heterocycles. The molecule has 2 aliphatic rings. The van der Waals surface area contributed by atoms with Crippen LogP contribution in [0.4, 0.5) is 0 Å². The first kappa shape index (κ1) is 9.93. The normalized spacial score (nSPS) is 29.7. The molecule has 0 radical (unpaired) electrons. The lowest BCUT2D eigenvalue weighted by molar-refractivity contribution is -0.132. The predicted molar refractivity (Wildman–Crippen MR) is 52.9 cm³/mol. The average molecular weight is 198 g/mol. The molecule has 2 rings (SSSR count). The fraction of sp³-hybridized carbons (Fsp3) is 0.900. The van der Waals surface area contributed by atoms with Crippen molar-refractivity contribution in [1.29, 1.82) is 0 Å². The number of carbonyl (C=O) groups is 1. The Balaban J connectivity index is 1.79. The Morgan fingerprint density at radius 3 is 2.64 bits per heavy atom. The summed E-state index contributed by atoms with van der Waals surface area (Å²) in [5, 5.41) is 9.33. The SMILES string of the molecule is CCCN1CC(N2CC(O)CC2=O)C1. The highest BCUT2D eigenvalue weighted by molar-refractivity contribution is 5.79. The number of aliphatic hydroxyl groups is 1. The van der Waals surface area contributed by atoms with E-state index < -0.39 is 6.10 Å². The Labute approximate surface area is 84.5 Å². The molecule has 0 bridgehead atoms. The number of likely N-dealkylation sites (tertiary alicyclic amines) is 2. The zero-order valence-electron chi connectivity index (χ0n) is 8.65. The van der Waals surface area contributed by atoms with E-state index in [0.29, 0.717) is 19.0 Å². The van der Waals surface area contributed by atoms with Gasteiger partial charge in [0.1, 0.15) is 0 Å². The van der Waals surface area contributed by atoms with Crippen LogP contribution in [0.15, 0.2) is 0 Å². The van der Waals surface area contributed by atoms with Crippen LogP contribution in [-0.2, 0) is 4.79 Å². The second kappa shape index (κ2) is 3.87. The van der Waals surface area contributed by atoms with Gasteiger partial charge in [-0.3, -0.25) is 9.69 Å². The third-order valence-corrected chi connectivity index (χ3v) is 3.06. The topological polar surface area (TPSA) is 43.8 Å². The number of rotatable bonds is 3. The summed E-state index contributed by atoms with van der Waals surface area (Å²) in [5.41, 5.74) is 0. The molecule has 0 aliphatic carbocycles. The Kier molecular flexibility index (Phi) is 2.74. The first-order valence-electron chi connectivity index (χ1n) is 5.40. The van der Waals surface area contributed by atoms with Gasteiger partial charge in [-0.2, -0.15) is 0 Å². The fourth-order valence-electron chi connectivity index (χ4n) is 2.30. The van der Waals surface area contributed by atoms with Crippen LogP contribution in [0.3, 0.4) is 0 Å². The number of β-amino-alcohol motifs (C(OH)–C–C–N with tert-alkyl or cyclic N) is 1. The summed E-state index contributed by atoms with van der Waals surface area (Å²) in [6, 6.07) is 0.367. The summed E-state index contributed by atoms with van der Waals surface area (Å²) in [7, 11) is 0. The van der Waals surface area contributed by atoms with E-state index in [1.165, 1.54) is 6.42 Å². The fourth-order valence-corrected chi connectivity index (χ4v) is 2.30. The van der Waals surface area contributed by atoms with Crippen molar-refractivity contribution in [2.75, 3.05) is 26.2 Å². The van der Waals surface area contributed by atoms with E-state index in [1.807, 2.05) is 4.90 Å². The summed E-state index contributed by atoms with van der Waals surface area (Å²) < 4.78 is 0. The van der Waals surface area contributed by atoms with E-state index in [-0.39, 0.29) is 5.91 Å². The van der Waals surface area contributed by atoms with Gasteiger partial charge in [-0.25, -0.2) is 0 Å². The van der Waals surface area contributed by atoms with Crippen LogP contribution in [-0.4, -0.2) is 59.1 Å². The molecule has 2 aliphatic heterocycles. The van der Waals surface area contributed by atoms with Crippen LogP contribution in [0, 0.1) is 0 Å². The molecule has 2 fully saturated rings. The molecular weight excluding hydrogens is 180 g/mol. The van der Waals surface area contributed by atoms with Gasteiger partial charge in [-0.1, -0.05) is 6.92 Å². The van der Waals surface area contributed by atoms with Crippen LogP contribution in [0.2, 0.25) is 0 Å². The molecular formula is C10H18N2O2. The van der Waals surface area contributed by atoms with Gasteiger partial charge in [0.2, 0.25) is 5.91 Å². The minimum Gasteiger partial charge on any atom is -0.391 e. The number of nitrogens with zero attached hydrogens (tertiary/aromatic N) is 2. The molecule has 0 aromatic rings. The molecule has 0 saturated carbocycles. The number of amides is 1. The predicted octanol–water partition coefficient (Wildman–Crippen LogP) is -0.326. The van der Waals surface area contributed by atoms with E-state index in [0.717, 1.165) is 19.6 Å². The average Bonchev–Trinajstić information content (AvgIpc) is 2.37. The van der Waals surface area contributed by atoms with Gasteiger partial charge in [0.05, 0.1) is 18.6 Å². The first-order valence-corrected chi connectivity index (χ1v) is 5.40. The standard InChI is InChI=1S/C10H18N2O2/c1-2-3-11-5-8(6-11)12-7-9(13)4-10(12)14/h8-9,13H,2-7H2,1H3. The summed E-state index contributed by atoms with van der Waals surface area (Å²) in [4.78, 5) is 15.6. The Morgan fingerprint density at radius 2 is 2.14 bits per heavy atom. The maximum absolute atomic E-state index is 11.4. The monoisotopic (exact) mass is 198 g/mol. The van der Waals surface area contributed by atoms with Gasteiger partial charge in [0.25, 0.3) is 0 Å². The van der Waals surface area contributed by atoms with Crippen LogP contribution in [0.25, 0.3) is 0 Å². The molecule has 4 nitrogen and oxygen atoms in total. The quantitative estimate of drug-likeness (QED) is 0.675. The molecule has 1 atom stereocenters. The maximum Gasteiger partial charge on any atom is 0.225 e. The Hall–Kier alpha value is -0.610. The minimum atomic E-state index is -0.428. The Bertz CT molecular complexity index is 226. The van der Waals surface area contributed by atoms with Crippen molar-refractivity contribution >= 4 is 5.91 Å². The first-order chi connectivity index (χ1) is 6.70. The van der Waals surface area contributed by atoms with E-state index in [4.69, 9.17) is 0 Å². The second-order valence-electron chi connectivity index (χ2n) is 4.32. The number of hydrogen-bond donors (Lipinski definition) is 1. The summed E-state index contributed by atoms with van der Waals surface area (Å²) in [5.74, 6) is 0.124. The van der Waals surface area contributed by atoms with E-state index in [9.17, 15) is 9.90 Å². The lowest BCUT2D eigenvalue weighted by Crippen LogP contribution is -2.59. The molecule has 14 heavy (non-hydrogen) atoms. The van der Waals surface area contributed by atoms with E-state index in [1.54, 1.807) is 0 Å².